The third-order valence-corrected chi connectivity index (χ3v) is 28.0. The van der Waals surface area contributed by atoms with Crippen molar-refractivity contribution in [1.29, 1.82) is 0 Å². The highest BCUT2D eigenvalue weighted by atomic mass is 32.5. The number of ether oxygens (including phenoxy) is 7. The minimum atomic E-state index is -4.37. The van der Waals surface area contributed by atoms with Gasteiger partial charge in [-0.2, -0.15) is 0 Å². The summed E-state index contributed by atoms with van der Waals surface area (Å²) in [5.74, 6) is 0. The third kappa shape index (κ3) is 22.0. The van der Waals surface area contributed by atoms with E-state index < -0.39 is 141 Å². The number of hydrogen-bond donors (Lipinski definition) is 2. The summed E-state index contributed by atoms with van der Waals surface area (Å²) in [4.78, 5) is 0. The van der Waals surface area contributed by atoms with Crippen LogP contribution >= 0.6 is 42.5 Å². The van der Waals surface area contributed by atoms with Gasteiger partial charge in [-0.1, -0.05) is 0 Å². The summed E-state index contributed by atoms with van der Waals surface area (Å²) < 4.78 is 177. The summed E-state index contributed by atoms with van der Waals surface area (Å²) >= 11 is 23.0. The Bertz CT molecular complexity index is 2470. The molecule has 7 heterocycles. The van der Waals surface area contributed by atoms with Crippen LogP contribution in [0.4, 0.5) is 0 Å². The third-order valence-electron chi connectivity index (χ3n) is 15.2. The molecule has 0 bridgehead atoms. The maximum absolute atomic E-state index is 14.3. The van der Waals surface area contributed by atoms with Crippen LogP contribution in [0.25, 0.3) is 0 Å². The van der Waals surface area contributed by atoms with E-state index in [1.54, 1.807) is 6.92 Å². The summed E-state index contributed by atoms with van der Waals surface area (Å²) in [5, 5.41) is 20.2. The molecule has 0 aromatic heterocycles. The van der Waals surface area contributed by atoms with Gasteiger partial charge >= 0.3 is 42.5 Å². The van der Waals surface area contributed by atoms with Crippen LogP contribution in [0.3, 0.4) is 0 Å². The highest BCUT2D eigenvalue weighted by molar-refractivity contribution is 8.08. The molecule has 7 aliphatic heterocycles. The van der Waals surface area contributed by atoms with Crippen LogP contribution in [0.1, 0.15) is 93.4 Å². The molecule has 510 valence electrons. The minimum Gasteiger partial charge on any atom is -0.394 e. The summed E-state index contributed by atoms with van der Waals surface area (Å²) in [6, 6.07) is 0. The molecule has 0 spiro atoms. The van der Waals surface area contributed by atoms with E-state index in [-0.39, 0.29) is 89.1 Å². The largest absolute Gasteiger partial charge is 0.474 e. The Balaban J connectivity index is 0.888. The van der Waals surface area contributed by atoms with Gasteiger partial charge in [0.25, 0.3) is 0 Å². The van der Waals surface area contributed by atoms with Crippen molar-refractivity contribution in [3.63, 3.8) is 0 Å². The molecule has 87 heavy (non-hydrogen) atoms. The van der Waals surface area contributed by atoms with Crippen LogP contribution < -0.4 is 0 Å². The van der Waals surface area contributed by atoms with Gasteiger partial charge < -0.3 is 97.7 Å². The van der Waals surface area contributed by atoms with Crippen molar-refractivity contribution in [3.05, 3.63) is 0 Å². The second-order valence-electron chi connectivity index (χ2n) is 22.2. The van der Waals surface area contributed by atoms with Crippen LogP contribution in [0.2, 0.25) is 0 Å². The predicted molar refractivity (Wildman–Crippen MR) is 325 cm³/mol. The average molecular weight is 1450 g/mol. The summed E-state index contributed by atoms with van der Waals surface area (Å²) in [6.45, 7) is -2.08. The summed E-state index contributed by atoms with van der Waals surface area (Å²) in [7, 11) is -0.872. The molecule has 7 fully saturated rings. The number of phosphoric ester groups is 2. The summed E-state index contributed by atoms with van der Waals surface area (Å²) in [5.41, 5.74) is 0. The van der Waals surface area contributed by atoms with E-state index in [0.29, 0.717) is 32.1 Å². The first-order valence-corrected chi connectivity index (χ1v) is 41.9. The molecule has 0 aromatic rings. The number of rotatable bonds is 37. The van der Waals surface area contributed by atoms with E-state index in [1.807, 2.05) is 41.5 Å². The first-order valence-electron chi connectivity index (χ1n) is 28.8. The highest BCUT2D eigenvalue weighted by Gasteiger charge is 2.49. The van der Waals surface area contributed by atoms with Crippen LogP contribution in [0.5, 0.6) is 0 Å². The monoisotopic (exact) mass is 1440 g/mol. The molecule has 0 aromatic carbocycles. The van der Waals surface area contributed by atoms with Gasteiger partial charge in [0.1, 0.15) is 54.9 Å². The number of aliphatic hydroxyl groups excluding tert-OH is 2. The van der Waals surface area contributed by atoms with E-state index in [1.165, 1.54) is 42.7 Å². The van der Waals surface area contributed by atoms with Gasteiger partial charge in [-0.3, -0.25) is 27.1 Å². The lowest BCUT2D eigenvalue weighted by Gasteiger charge is -2.30. The molecule has 39 heteroatoms. The maximum Gasteiger partial charge on any atom is 0.474 e. The van der Waals surface area contributed by atoms with Gasteiger partial charge in [-0.15, -0.1) is 0 Å². The van der Waals surface area contributed by atoms with E-state index in [9.17, 15) is 19.3 Å². The van der Waals surface area contributed by atoms with Crippen molar-refractivity contribution in [2.24, 2.45) is 0 Å². The van der Waals surface area contributed by atoms with Gasteiger partial charge in [-0.05, 0) is 95.7 Å². The van der Waals surface area contributed by atoms with Gasteiger partial charge in [-0.25, -0.2) is 9.13 Å². The fraction of sp³-hybridized carbons (Fsp3) is 1.00. The van der Waals surface area contributed by atoms with Crippen LogP contribution in [0, 0.1) is 0 Å². The van der Waals surface area contributed by atoms with E-state index in [2.05, 4.69) is 0 Å². The first kappa shape index (κ1) is 76.3. The molecule has 0 saturated carbocycles. The Kier molecular flexibility index (Phi) is 29.8. The molecule has 27 unspecified atom stereocenters. The molecule has 0 amide bonds. The number of hydrogen-bond acceptors (Lipinski definition) is 33. The molecule has 0 aliphatic carbocycles. The van der Waals surface area contributed by atoms with Gasteiger partial charge in [0.2, 0.25) is 0 Å². The smallest absolute Gasteiger partial charge is 0.394 e. The molecule has 29 nitrogen and oxygen atoms in total. The van der Waals surface area contributed by atoms with Gasteiger partial charge in [0.15, 0.2) is 0 Å². The van der Waals surface area contributed by atoms with Crippen molar-refractivity contribution >= 4 is 89.7 Å². The molecule has 7 rings (SSSR count). The summed E-state index contributed by atoms with van der Waals surface area (Å²) in [6.07, 6.45) is -9.39. The average Bonchev–Trinajstić information content (AvgIpc) is 2.84. The molecule has 27 atom stereocenters. The number of aliphatic hydroxyl groups is 2. The van der Waals surface area contributed by atoms with Crippen molar-refractivity contribution in [2.45, 2.75) is 222 Å². The Morgan fingerprint density at radius 1 is 0.333 bits per heavy atom. The van der Waals surface area contributed by atoms with Gasteiger partial charge in [0, 0.05) is 87.6 Å². The molecule has 0 radical (unpaired) electrons. The zero-order valence-corrected chi connectivity index (χ0v) is 59.9. The lowest BCUT2D eigenvalue weighted by molar-refractivity contribution is -0.0454. The fourth-order valence-electron chi connectivity index (χ4n) is 10.9. The topological polar surface area (TPSA) is 305 Å². The standard InChI is InChI=1S/C48H90O29P6S4/c1-28-14-35(50)43(66-28)22-61-80(84,55-10)76-40-19-33(6)71-48(40)27-64-83(87,58-13)75-39-18-32(5)68-45(39)24-60-79(52,54-9)72-37-16-30(3)67-44(37)23-59-78(51,53-8)73-38-17-31(4)69-46(38)25-62-82(86,57-12)77-41-20-34(7)70-47(41)26-63-81(85,56-11)74-36-15-29(2)65-42(36)21-49/h28-50H,14-27H2,1-13H3. The highest BCUT2D eigenvalue weighted by Crippen LogP contribution is 2.59. The Labute approximate surface area is 531 Å². The zero-order chi connectivity index (χ0) is 63.7. The van der Waals surface area contributed by atoms with E-state index >= 15 is 0 Å². The molecule has 7 aliphatic rings. The van der Waals surface area contributed by atoms with Gasteiger partial charge in [0.05, 0.1) is 119 Å². The lowest BCUT2D eigenvalue weighted by Crippen LogP contribution is -2.32. The fourth-order valence-corrected chi connectivity index (χ4v) is 19.8. The Morgan fingerprint density at radius 2 is 0.552 bits per heavy atom. The molecule has 7 saturated heterocycles. The van der Waals surface area contributed by atoms with Crippen LogP contribution in [0.15, 0.2) is 0 Å². The molecular formula is C48H90O29P6S4. The predicted octanol–water partition coefficient (Wildman–Crippen LogP) is 7.98. The zero-order valence-electron chi connectivity index (χ0n) is 51.3. The second-order valence-corrected chi connectivity index (χ2v) is 38.0. The molecular weight excluding hydrogens is 1350 g/mol. The van der Waals surface area contributed by atoms with Crippen molar-refractivity contribution in [2.75, 3.05) is 88.9 Å². The van der Waals surface area contributed by atoms with Crippen LogP contribution in [-0.2, 0) is 171 Å². The first-order chi connectivity index (χ1) is 41.0. The Hall–Kier alpha value is 1.98. The maximum atomic E-state index is 14.3. The normalized spacial score (nSPS) is 40.7. The van der Waals surface area contributed by atoms with E-state index in [0.717, 1.165) is 0 Å². The van der Waals surface area contributed by atoms with Crippen molar-refractivity contribution in [3.8, 4) is 0 Å². The minimum absolute atomic E-state index is 0.0167. The SMILES string of the molecule is COP(=O)(OCC1OC(C)CC1OP(=S)(OC)OCC1OC(C)CC1OP(=S)(OC)OCC1OC(C)CC1O)OC1CC(C)OC1COP(=O)(OC)OC1CC(C)OC1COP(=S)(OC)OC1CC(C)OC1COP(=S)(OC)OC1CC(C)OC1CO. The Morgan fingerprint density at radius 3 is 0.793 bits per heavy atom. The van der Waals surface area contributed by atoms with Crippen molar-refractivity contribution < 1.29 is 134 Å². The van der Waals surface area contributed by atoms with Crippen LogP contribution in [-0.4, -0.2) is 227 Å². The van der Waals surface area contributed by atoms with Crippen molar-refractivity contribution in [1.82, 2.24) is 0 Å². The second kappa shape index (κ2) is 34.0. The number of phosphoric acid groups is 2. The molecule has 2 N–H and O–H groups in total. The lowest BCUT2D eigenvalue weighted by atomic mass is 10.1. The quantitative estimate of drug-likeness (QED) is 0.0557. The van der Waals surface area contributed by atoms with E-state index in [4.69, 9.17) is 162 Å².